The largest absolute Gasteiger partial charge is 0.401 e. The van der Waals surface area contributed by atoms with Gasteiger partial charge in [0.1, 0.15) is 35.2 Å². The highest BCUT2D eigenvalue weighted by Gasteiger charge is 2.45. The molecule has 0 aliphatic carbocycles. The molecule has 0 amide bonds. The average Bonchev–Trinajstić information content (AvgIpc) is 4.01. The van der Waals surface area contributed by atoms with Crippen molar-refractivity contribution in [3.8, 4) is 11.5 Å². The third-order valence-electron chi connectivity index (χ3n) is 9.57. The minimum absolute atomic E-state index is 0.0781. The molecule has 6 aromatic rings. The molecular weight excluding hydrogens is 906 g/mol. The van der Waals surface area contributed by atoms with E-state index in [1.807, 2.05) is 0 Å². The molecule has 336 valence electrons. The van der Waals surface area contributed by atoms with Crippen LogP contribution in [-0.2, 0) is 29.1 Å². The third kappa shape index (κ3) is 11.3. The molecular formula is C34H35ClF2N12O12S2. The summed E-state index contributed by atoms with van der Waals surface area (Å²) in [5.74, 6) is -1.06. The van der Waals surface area contributed by atoms with Crippen LogP contribution in [0.1, 0.15) is 26.3 Å². The van der Waals surface area contributed by atoms with Crippen LogP contribution in [-0.4, -0.2) is 103 Å². The van der Waals surface area contributed by atoms with Gasteiger partial charge in [-0.1, -0.05) is 13.8 Å². The number of ether oxygens (including phenoxy) is 2. The van der Waals surface area contributed by atoms with Crippen molar-refractivity contribution in [2.24, 2.45) is 17.6 Å². The molecule has 29 heteroatoms. The second-order valence-corrected chi connectivity index (χ2v) is 17.1. The molecule has 2 fully saturated rings. The van der Waals surface area contributed by atoms with Gasteiger partial charge in [0.15, 0.2) is 36.1 Å². The SMILES string of the molecule is C[C@H]1[C@@H](F)[C@H](n2cnc3cncnc32)O[C@@H]1CN.C[C@H]1[C@@H](F)[C@H](n2cnc3cncnc32)O[C@@H]1CNS(=O)(=O)Oc1ccc([N+](=O)[O-])cc1.O=[N+]([O-])c1ccc(OS(=O)(=O)Cl)cc1. The van der Waals surface area contributed by atoms with Crippen molar-refractivity contribution in [1.82, 2.24) is 43.8 Å². The maximum atomic E-state index is 14.9. The molecule has 8 rings (SSSR count). The number of fused-ring (bicyclic) bond motifs is 2. The second-order valence-electron chi connectivity index (χ2n) is 13.6. The Balaban J connectivity index is 0.000000174. The van der Waals surface area contributed by atoms with Crippen LogP contribution in [0.15, 0.2) is 86.2 Å². The lowest BCUT2D eigenvalue weighted by atomic mass is 10.0. The van der Waals surface area contributed by atoms with Gasteiger partial charge in [-0.2, -0.15) is 21.6 Å². The number of rotatable bonds is 12. The van der Waals surface area contributed by atoms with Crippen LogP contribution in [0.4, 0.5) is 20.2 Å². The van der Waals surface area contributed by atoms with Crippen molar-refractivity contribution in [2.45, 2.75) is 50.9 Å². The topological polar surface area (TPSA) is 317 Å². The first-order valence-corrected chi connectivity index (χ1v) is 21.9. The molecule has 0 spiro atoms. The fraction of sp³-hybridized carbons (Fsp3) is 0.353. The molecule has 24 nitrogen and oxygen atoms in total. The molecule has 0 unspecified atom stereocenters. The van der Waals surface area contributed by atoms with Crippen LogP contribution in [0.25, 0.3) is 22.3 Å². The zero-order valence-corrected chi connectivity index (χ0v) is 34.9. The zero-order chi connectivity index (χ0) is 45.6. The average molecular weight is 941 g/mol. The summed E-state index contributed by atoms with van der Waals surface area (Å²) in [6.45, 7) is 3.47. The van der Waals surface area contributed by atoms with Crippen LogP contribution >= 0.6 is 10.7 Å². The quantitative estimate of drug-likeness (QED) is 0.100. The van der Waals surface area contributed by atoms with E-state index in [0.29, 0.717) is 28.9 Å². The molecule has 3 N–H and O–H groups in total. The van der Waals surface area contributed by atoms with Gasteiger partial charge >= 0.3 is 19.6 Å². The normalized spacial score (nSPS) is 23.3. The molecule has 2 saturated heterocycles. The fourth-order valence-electron chi connectivity index (χ4n) is 6.27. The Morgan fingerprint density at radius 1 is 0.746 bits per heavy atom. The van der Waals surface area contributed by atoms with Gasteiger partial charge in [-0.25, -0.2) is 38.7 Å². The number of aromatic nitrogens is 8. The lowest BCUT2D eigenvalue weighted by Crippen LogP contribution is -2.37. The van der Waals surface area contributed by atoms with E-state index < -0.39 is 66.3 Å². The van der Waals surface area contributed by atoms with Crippen molar-refractivity contribution in [3.63, 3.8) is 0 Å². The first-order valence-electron chi connectivity index (χ1n) is 18.2. The molecule has 2 aliphatic rings. The molecule has 0 saturated carbocycles. The van der Waals surface area contributed by atoms with Crippen molar-refractivity contribution in [3.05, 3.63) is 106 Å². The number of nitro groups is 2. The van der Waals surface area contributed by atoms with Crippen LogP contribution in [0.2, 0.25) is 0 Å². The molecule has 6 heterocycles. The second kappa shape index (κ2) is 19.5. The number of hydrogen-bond donors (Lipinski definition) is 2. The van der Waals surface area contributed by atoms with Crippen LogP contribution in [0.3, 0.4) is 0 Å². The summed E-state index contributed by atoms with van der Waals surface area (Å²) in [5.41, 5.74) is 7.28. The standard InChI is InChI=1S/C17H17FN6O6S.C11H14FN5O.C6H4ClNO5S/c1-10-14(7-22-31(27,28)30-12-4-2-11(3-5-12)24(25)26)29-17(15(10)18)23-9-21-13-6-19-8-20-16(13)23;1-6-8(2-13)18-11(9(6)12)17-5-16-7-3-14-4-15-10(7)17;7-14(11,12)13-6-3-1-5(2-4-6)8(9)10/h2-6,8-10,14-15,17,22H,7H2,1H3;3-6,8-9,11H,2,13H2,1H3;1-4H/t10-,14-,15-,17-;6-,8-,9-,11-;/m11./s1. The van der Waals surface area contributed by atoms with E-state index in [2.05, 4.69) is 38.8 Å². The number of nitrogens with one attached hydrogen (secondary N) is 1. The number of nitrogens with zero attached hydrogens (tertiary/aromatic N) is 10. The molecule has 4 aromatic heterocycles. The number of nitrogens with two attached hydrogens (primary N) is 1. The van der Waals surface area contributed by atoms with E-state index in [0.717, 1.165) is 48.5 Å². The van der Waals surface area contributed by atoms with Gasteiger partial charge in [-0.3, -0.25) is 29.4 Å². The van der Waals surface area contributed by atoms with Gasteiger partial charge in [-0.15, -0.1) is 0 Å². The highest BCUT2D eigenvalue weighted by Crippen LogP contribution is 2.38. The first kappa shape index (κ1) is 46.3. The van der Waals surface area contributed by atoms with E-state index in [1.54, 1.807) is 24.6 Å². The predicted octanol–water partition coefficient (Wildman–Crippen LogP) is 3.63. The van der Waals surface area contributed by atoms with Gasteiger partial charge < -0.3 is 23.6 Å². The molecule has 63 heavy (non-hydrogen) atoms. The Morgan fingerprint density at radius 2 is 1.17 bits per heavy atom. The number of hydrogen-bond acceptors (Lipinski definition) is 19. The van der Waals surface area contributed by atoms with Crippen LogP contribution in [0, 0.1) is 32.1 Å². The Morgan fingerprint density at radius 3 is 1.59 bits per heavy atom. The summed E-state index contributed by atoms with van der Waals surface area (Å²) in [4.78, 5) is 43.8. The first-order chi connectivity index (χ1) is 29.9. The van der Waals surface area contributed by atoms with Crippen molar-refractivity contribution in [2.75, 3.05) is 13.1 Å². The van der Waals surface area contributed by atoms with E-state index in [9.17, 15) is 45.8 Å². The van der Waals surface area contributed by atoms with E-state index >= 15 is 0 Å². The Bertz CT molecular complexity index is 2780. The maximum absolute atomic E-state index is 14.9. The number of non-ortho nitro benzene ring substituents is 2. The number of benzene rings is 2. The van der Waals surface area contributed by atoms with Gasteiger partial charge in [0, 0.05) is 49.2 Å². The highest BCUT2D eigenvalue weighted by molar-refractivity contribution is 8.10. The molecule has 2 aliphatic heterocycles. The Kier molecular flexibility index (Phi) is 14.3. The monoisotopic (exact) mass is 940 g/mol. The molecule has 8 atom stereocenters. The smallest absolute Gasteiger partial charge is 0.371 e. The summed E-state index contributed by atoms with van der Waals surface area (Å²) in [7, 11) is -3.59. The Labute approximate surface area is 359 Å². The lowest BCUT2D eigenvalue weighted by Gasteiger charge is -2.16. The van der Waals surface area contributed by atoms with Crippen molar-refractivity contribution in [1.29, 1.82) is 0 Å². The number of imidazole rings is 2. The summed E-state index contributed by atoms with van der Waals surface area (Å²) in [5, 5.41) is 20.9. The maximum Gasteiger partial charge on any atom is 0.401 e. The van der Waals surface area contributed by atoms with Gasteiger partial charge in [-0.05, 0) is 24.3 Å². The predicted molar refractivity (Wildman–Crippen MR) is 215 cm³/mol. The Hall–Kier alpha value is -6.17. The molecule has 0 bridgehead atoms. The zero-order valence-electron chi connectivity index (χ0n) is 32.5. The summed E-state index contributed by atoms with van der Waals surface area (Å²) in [6.07, 6.45) is 3.38. The van der Waals surface area contributed by atoms with Crippen LogP contribution in [0.5, 0.6) is 11.5 Å². The summed E-state index contributed by atoms with van der Waals surface area (Å²) in [6, 6.07) is 9.04. The summed E-state index contributed by atoms with van der Waals surface area (Å²) < 4.78 is 100. The van der Waals surface area contributed by atoms with Crippen LogP contribution < -0.4 is 18.8 Å². The van der Waals surface area contributed by atoms with E-state index in [-0.39, 0.29) is 41.4 Å². The van der Waals surface area contributed by atoms with E-state index in [1.165, 1.54) is 36.1 Å². The lowest BCUT2D eigenvalue weighted by molar-refractivity contribution is -0.385. The van der Waals surface area contributed by atoms with Gasteiger partial charge in [0.25, 0.3) is 11.4 Å². The van der Waals surface area contributed by atoms with Gasteiger partial charge in [0.05, 0.1) is 57.8 Å². The summed E-state index contributed by atoms with van der Waals surface area (Å²) >= 11 is 0. The van der Waals surface area contributed by atoms with Crippen molar-refractivity contribution >= 4 is 64.0 Å². The fourth-order valence-corrected chi connectivity index (χ4v) is 7.62. The van der Waals surface area contributed by atoms with E-state index in [4.69, 9.17) is 30.1 Å². The number of halogens is 3. The van der Waals surface area contributed by atoms with Gasteiger partial charge in [0.2, 0.25) is 0 Å². The number of alkyl halides is 2. The highest BCUT2D eigenvalue weighted by atomic mass is 35.7. The molecule has 0 radical (unpaired) electrons. The minimum atomic E-state index is -4.26. The minimum Gasteiger partial charge on any atom is -0.371 e. The molecule has 2 aromatic carbocycles. The van der Waals surface area contributed by atoms with Crippen molar-refractivity contribution < 1.29 is 53.3 Å². The number of nitro benzene ring substituents is 2. The third-order valence-corrected chi connectivity index (χ3v) is 11.1.